The zero-order chi connectivity index (χ0) is 23.5. The van der Waals surface area contributed by atoms with Gasteiger partial charge in [0.2, 0.25) is 5.91 Å². The number of fused-ring (bicyclic) bond motifs is 1. The van der Waals surface area contributed by atoms with Crippen LogP contribution >= 0.6 is 0 Å². The number of anilines is 2. The van der Waals surface area contributed by atoms with Crippen molar-refractivity contribution in [2.45, 2.75) is 6.92 Å². The first-order chi connectivity index (χ1) is 15.9. The topological polar surface area (TPSA) is 171 Å². The second-order valence-electron chi connectivity index (χ2n) is 6.85. The highest BCUT2D eigenvalue weighted by molar-refractivity contribution is 6.14. The van der Waals surface area contributed by atoms with Crippen molar-refractivity contribution < 1.29 is 24.0 Å². The van der Waals surface area contributed by atoms with E-state index in [9.17, 15) is 19.5 Å². The molecular weight excluding hydrogens is 428 g/mol. The molecule has 0 bridgehead atoms. The molecule has 0 aliphatic rings. The van der Waals surface area contributed by atoms with Crippen molar-refractivity contribution >= 4 is 40.1 Å². The van der Waals surface area contributed by atoms with E-state index in [1.807, 2.05) is 6.07 Å². The van der Waals surface area contributed by atoms with Crippen LogP contribution in [0.3, 0.4) is 0 Å². The molecular formula is C22H14N6O5. The van der Waals surface area contributed by atoms with Gasteiger partial charge in [-0.05, 0) is 36.4 Å². The molecule has 0 atom stereocenters. The van der Waals surface area contributed by atoms with Crippen LogP contribution < -0.4 is 10.6 Å². The van der Waals surface area contributed by atoms with Gasteiger partial charge in [-0.2, -0.15) is 15.5 Å². The molecule has 0 saturated heterocycles. The van der Waals surface area contributed by atoms with Crippen LogP contribution in [-0.4, -0.2) is 38.2 Å². The van der Waals surface area contributed by atoms with Gasteiger partial charge in [-0.1, -0.05) is 5.16 Å². The van der Waals surface area contributed by atoms with E-state index in [4.69, 9.17) is 9.78 Å². The lowest BCUT2D eigenvalue weighted by Crippen LogP contribution is -2.15. The minimum Gasteiger partial charge on any atom is -0.478 e. The minimum absolute atomic E-state index is 0.00772. The van der Waals surface area contributed by atoms with Crippen LogP contribution in [0.4, 0.5) is 11.4 Å². The molecule has 4 rings (SSSR count). The summed E-state index contributed by atoms with van der Waals surface area (Å²) in [6.07, 6.45) is 1.50. The maximum absolute atomic E-state index is 12.9. The van der Waals surface area contributed by atoms with Crippen molar-refractivity contribution in [2.24, 2.45) is 0 Å². The third kappa shape index (κ3) is 4.21. The van der Waals surface area contributed by atoms with E-state index in [1.54, 1.807) is 18.2 Å². The first kappa shape index (κ1) is 21.1. The van der Waals surface area contributed by atoms with Gasteiger partial charge >= 0.3 is 5.97 Å². The summed E-state index contributed by atoms with van der Waals surface area (Å²) in [4.78, 5) is 36.2. The van der Waals surface area contributed by atoms with E-state index in [0.717, 1.165) is 6.07 Å². The van der Waals surface area contributed by atoms with Crippen molar-refractivity contribution in [3.05, 3.63) is 65.5 Å². The molecule has 3 N–H and O–H groups in total. The van der Waals surface area contributed by atoms with E-state index in [2.05, 4.69) is 26.0 Å². The number of aromatic carboxylic acids is 1. The number of hydrogen-bond acceptors (Lipinski definition) is 8. The third-order valence-corrected chi connectivity index (χ3v) is 4.61. The second kappa shape index (κ2) is 8.56. The monoisotopic (exact) mass is 442 g/mol. The number of carbonyl (C=O) groups excluding carboxylic acids is 2. The van der Waals surface area contributed by atoms with Gasteiger partial charge in [-0.15, -0.1) is 0 Å². The van der Waals surface area contributed by atoms with Crippen LogP contribution in [0, 0.1) is 11.3 Å². The molecule has 4 aromatic rings. The predicted octanol–water partition coefficient (Wildman–Crippen LogP) is 3.07. The number of amides is 2. The number of nitrogens with zero attached hydrogens (tertiary/aromatic N) is 4. The largest absolute Gasteiger partial charge is 0.478 e. The minimum atomic E-state index is -1.31. The average molecular weight is 442 g/mol. The molecule has 11 heteroatoms. The number of rotatable bonds is 5. The Kier molecular flexibility index (Phi) is 5.48. The van der Waals surface area contributed by atoms with Crippen LogP contribution in [-0.2, 0) is 4.79 Å². The number of hydrogen-bond donors (Lipinski definition) is 3. The molecule has 0 aliphatic heterocycles. The maximum atomic E-state index is 12.9. The summed E-state index contributed by atoms with van der Waals surface area (Å²) < 4.78 is 5.28. The summed E-state index contributed by atoms with van der Waals surface area (Å²) in [5, 5.41) is 35.6. The SMILES string of the molecule is CC(=O)Nc1cc2onc(C(=O)Nc3ccc(C#N)cc3C(=O)O)c2cc1-c1cccnn1. The van der Waals surface area contributed by atoms with Crippen molar-refractivity contribution in [1.82, 2.24) is 15.4 Å². The van der Waals surface area contributed by atoms with Crippen molar-refractivity contribution in [2.75, 3.05) is 10.6 Å². The molecule has 0 aliphatic carbocycles. The summed E-state index contributed by atoms with van der Waals surface area (Å²) in [5.74, 6) is -2.35. The summed E-state index contributed by atoms with van der Waals surface area (Å²) in [6.45, 7) is 1.35. The number of nitriles is 1. The molecule has 0 fully saturated rings. The smallest absolute Gasteiger partial charge is 0.337 e. The number of carbonyl (C=O) groups is 3. The highest BCUT2D eigenvalue weighted by Gasteiger charge is 2.22. The van der Waals surface area contributed by atoms with Gasteiger partial charge in [0.25, 0.3) is 5.91 Å². The Morgan fingerprint density at radius 3 is 2.58 bits per heavy atom. The Labute approximate surface area is 185 Å². The molecule has 0 unspecified atom stereocenters. The number of aromatic nitrogens is 3. The zero-order valence-electron chi connectivity index (χ0n) is 17.0. The van der Waals surface area contributed by atoms with Gasteiger partial charge in [0.1, 0.15) is 0 Å². The summed E-state index contributed by atoms with van der Waals surface area (Å²) in [7, 11) is 0. The Morgan fingerprint density at radius 2 is 1.91 bits per heavy atom. The number of carboxylic acids is 1. The molecule has 11 nitrogen and oxygen atoms in total. The summed E-state index contributed by atoms with van der Waals surface area (Å²) in [6, 6.07) is 12.2. The van der Waals surface area contributed by atoms with Crippen LogP contribution in [0.1, 0.15) is 33.3 Å². The number of benzene rings is 2. The standard InChI is InChI=1S/C22H14N6O5/c1-11(29)25-18-9-19-15(8-13(18)17-3-2-6-24-27-17)20(28-33-19)21(30)26-16-5-4-12(10-23)7-14(16)22(31)32/h2-9H,1H3,(H,25,29)(H,26,30)(H,31,32). The van der Waals surface area contributed by atoms with Crippen LogP contribution in [0.15, 0.2) is 53.2 Å². The number of nitrogens with one attached hydrogen (secondary N) is 2. The quantitative estimate of drug-likeness (QED) is 0.420. The van der Waals surface area contributed by atoms with Crippen molar-refractivity contribution in [3.63, 3.8) is 0 Å². The average Bonchev–Trinajstić information content (AvgIpc) is 3.21. The van der Waals surface area contributed by atoms with Gasteiger partial charge in [0.15, 0.2) is 11.3 Å². The molecule has 2 heterocycles. The van der Waals surface area contributed by atoms with Crippen molar-refractivity contribution in [3.8, 4) is 17.3 Å². The Morgan fingerprint density at radius 1 is 1.09 bits per heavy atom. The first-order valence-electron chi connectivity index (χ1n) is 9.45. The van der Waals surface area contributed by atoms with E-state index < -0.39 is 11.9 Å². The van der Waals surface area contributed by atoms with E-state index >= 15 is 0 Å². The van der Waals surface area contributed by atoms with Gasteiger partial charge in [-0.3, -0.25) is 9.59 Å². The summed E-state index contributed by atoms with van der Waals surface area (Å²) >= 11 is 0. The fourth-order valence-electron chi connectivity index (χ4n) is 3.18. The first-order valence-corrected chi connectivity index (χ1v) is 9.45. The molecule has 0 radical (unpaired) electrons. The lowest BCUT2D eigenvalue weighted by molar-refractivity contribution is -0.114. The molecule has 2 aromatic carbocycles. The van der Waals surface area contributed by atoms with Crippen molar-refractivity contribution in [1.29, 1.82) is 5.26 Å². The predicted molar refractivity (Wildman–Crippen MR) is 115 cm³/mol. The Balaban J connectivity index is 1.78. The van der Waals surface area contributed by atoms with Gasteiger partial charge < -0.3 is 20.3 Å². The molecule has 2 aromatic heterocycles. The molecule has 0 spiro atoms. The second-order valence-corrected chi connectivity index (χ2v) is 6.85. The molecule has 162 valence electrons. The van der Waals surface area contributed by atoms with Gasteiger partial charge in [0, 0.05) is 24.8 Å². The molecule has 0 saturated carbocycles. The Bertz CT molecular complexity index is 1460. The molecule has 33 heavy (non-hydrogen) atoms. The third-order valence-electron chi connectivity index (χ3n) is 4.61. The highest BCUT2D eigenvalue weighted by Crippen LogP contribution is 2.33. The van der Waals surface area contributed by atoms with Crippen LogP contribution in [0.25, 0.3) is 22.2 Å². The van der Waals surface area contributed by atoms with Crippen LogP contribution in [0.5, 0.6) is 0 Å². The zero-order valence-corrected chi connectivity index (χ0v) is 17.0. The fourth-order valence-corrected chi connectivity index (χ4v) is 3.18. The molecule has 2 amide bonds. The van der Waals surface area contributed by atoms with Gasteiger partial charge in [0.05, 0.1) is 39.7 Å². The number of carboxylic acid groups (broad SMARTS) is 1. The van der Waals surface area contributed by atoms with Crippen LogP contribution in [0.2, 0.25) is 0 Å². The Hall–Kier alpha value is -5.11. The summed E-state index contributed by atoms with van der Waals surface area (Å²) in [5.41, 5.74) is 1.30. The highest BCUT2D eigenvalue weighted by atomic mass is 16.5. The van der Waals surface area contributed by atoms with Gasteiger partial charge in [-0.25, -0.2) is 4.79 Å². The van der Waals surface area contributed by atoms with E-state index in [0.29, 0.717) is 22.3 Å². The van der Waals surface area contributed by atoms with E-state index in [1.165, 1.54) is 31.3 Å². The maximum Gasteiger partial charge on any atom is 0.337 e. The lowest BCUT2D eigenvalue weighted by atomic mass is 10.0. The fraction of sp³-hybridized carbons (Fsp3) is 0.0455. The van der Waals surface area contributed by atoms with E-state index in [-0.39, 0.29) is 34.0 Å². The lowest BCUT2D eigenvalue weighted by Gasteiger charge is -2.10. The normalized spacial score (nSPS) is 10.4.